The van der Waals surface area contributed by atoms with Crippen molar-refractivity contribution in [1.29, 1.82) is 0 Å². The van der Waals surface area contributed by atoms with Gasteiger partial charge in [0, 0.05) is 33.0 Å². The largest absolute Gasteiger partial charge is 0.382 e. The van der Waals surface area contributed by atoms with Gasteiger partial charge in [0.05, 0.1) is 13.2 Å². The number of ether oxygens (including phenoxy) is 2. The van der Waals surface area contributed by atoms with Gasteiger partial charge in [-0.25, -0.2) is 4.98 Å². The number of rotatable bonds is 10. The molecular weight excluding hydrogens is 232 g/mol. The Morgan fingerprint density at radius 3 is 2.89 bits per heavy atom. The molecule has 0 radical (unpaired) electrons. The summed E-state index contributed by atoms with van der Waals surface area (Å²) in [4.78, 5) is 8.42. The number of hydrogen-bond acceptors (Lipinski definition) is 6. The molecule has 6 heteroatoms. The van der Waals surface area contributed by atoms with E-state index in [-0.39, 0.29) is 0 Å². The van der Waals surface area contributed by atoms with Gasteiger partial charge >= 0.3 is 0 Å². The minimum Gasteiger partial charge on any atom is -0.382 e. The summed E-state index contributed by atoms with van der Waals surface area (Å²) in [6, 6.07) is 1.85. The molecule has 0 aliphatic carbocycles. The maximum atomic E-state index is 5.36. The number of nitrogens with zero attached hydrogens (tertiary/aromatic N) is 2. The zero-order valence-corrected chi connectivity index (χ0v) is 11.1. The Kier molecular flexibility index (Phi) is 7.83. The maximum Gasteiger partial charge on any atom is 0.224 e. The minimum atomic E-state index is 0.644. The molecule has 0 saturated heterocycles. The fourth-order valence-electron chi connectivity index (χ4n) is 1.34. The highest BCUT2D eigenvalue weighted by Gasteiger charge is 1.97. The van der Waals surface area contributed by atoms with Crippen molar-refractivity contribution in [2.45, 2.75) is 13.3 Å². The van der Waals surface area contributed by atoms with Gasteiger partial charge in [0.15, 0.2) is 0 Å². The van der Waals surface area contributed by atoms with Crippen molar-refractivity contribution < 1.29 is 9.47 Å². The van der Waals surface area contributed by atoms with Crippen LogP contribution in [0.5, 0.6) is 0 Å². The van der Waals surface area contributed by atoms with Gasteiger partial charge < -0.3 is 20.1 Å². The number of hydrogen-bond donors (Lipinski definition) is 2. The van der Waals surface area contributed by atoms with Gasteiger partial charge in [-0.15, -0.1) is 0 Å². The molecule has 1 rings (SSSR count). The van der Waals surface area contributed by atoms with E-state index in [0.717, 1.165) is 31.9 Å². The Morgan fingerprint density at radius 1 is 1.22 bits per heavy atom. The molecule has 0 unspecified atom stereocenters. The van der Waals surface area contributed by atoms with Crippen LogP contribution in [0.2, 0.25) is 0 Å². The molecule has 0 fully saturated rings. The van der Waals surface area contributed by atoms with Gasteiger partial charge in [-0.1, -0.05) is 0 Å². The highest BCUT2D eigenvalue weighted by molar-refractivity contribution is 5.39. The number of aromatic nitrogens is 2. The number of nitrogens with one attached hydrogen (secondary N) is 2. The predicted molar refractivity (Wildman–Crippen MR) is 72.0 cm³/mol. The standard InChI is InChI=1S/C12H22N4O2/c1-3-13-12-15-7-5-11(16-12)14-6-4-8-18-10-9-17-2/h5,7H,3-4,6,8-10H2,1-2H3,(H2,13,14,15,16). The van der Waals surface area contributed by atoms with Gasteiger partial charge in [0.1, 0.15) is 5.82 Å². The van der Waals surface area contributed by atoms with Crippen LogP contribution in [0, 0.1) is 0 Å². The van der Waals surface area contributed by atoms with Gasteiger partial charge in [-0.3, -0.25) is 0 Å². The van der Waals surface area contributed by atoms with E-state index < -0.39 is 0 Å². The van der Waals surface area contributed by atoms with E-state index in [1.54, 1.807) is 13.3 Å². The van der Waals surface area contributed by atoms with Crippen LogP contribution in [-0.4, -0.2) is 50.0 Å². The van der Waals surface area contributed by atoms with Crippen molar-refractivity contribution in [2.24, 2.45) is 0 Å². The summed E-state index contributed by atoms with van der Waals surface area (Å²) in [7, 11) is 1.67. The summed E-state index contributed by atoms with van der Waals surface area (Å²) >= 11 is 0. The Labute approximate surface area is 108 Å². The lowest BCUT2D eigenvalue weighted by atomic mass is 10.4. The van der Waals surface area contributed by atoms with Crippen LogP contribution < -0.4 is 10.6 Å². The van der Waals surface area contributed by atoms with Crippen LogP contribution in [0.3, 0.4) is 0 Å². The van der Waals surface area contributed by atoms with E-state index in [1.807, 2.05) is 13.0 Å². The first-order valence-corrected chi connectivity index (χ1v) is 6.24. The van der Waals surface area contributed by atoms with Crippen LogP contribution in [0.25, 0.3) is 0 Å². The highest BCUT2D eigenvalue weighted by Crippen LogP contribution is 2.05. The average molecular weight is 254 g/mol. The molecule has 0 amide bonds. The lowest BCUT2D eigenvalue weighted by Crippen LogP contribution is -2.10. The molecule has 102 valence electrons. The maximum absolute atomic E-state index is 5.36. The van der Waals surface area contributed by atoms with E-state index in [2.05, 4.69) is 20.6 Å². The fourth-order valence-corrected chi connectivity index (χ4v) is 1.34. The molecule has 2 N–H and O–H groups in total. The van der Waals surface area contributed by atoms with Crippen molar-refractivity contribution >= 4 is 11.8 Å². The van der Waals surface area contributed by atoms with Gasteiger partial charge in [-0.2, -0.15) is 4.98 Å². The lowest BCUT2D eigenvalue weighted by Gasteiger charge is -2.07. The minimum absolute atomic E-state index is 0.644. The van der Waals surface area contributed by atoms with Crippen LogP contribution >= 0.6 is 0 Å². The summed E-state index contributed by atoms with van der Waals surface area (Å²) in [6.45, 7) is 5.68. The summed E-state index contributed by atoms with van der Waals surface area (Å²) in [5, 5.41) is 6.30. The van der Waals surface area contributed by atoms with E-state index in [9.17, 15) is 0 Å². The zero-order chi connectivity index (χ0) is 13.1. The first-order chi connectivity index (χ1) is 8.86. The SMILES string of the molecule is CCNc1nccc(NCCCOCCOC)n1. The normalized spacial score (nSPS) is 10.3. The molecule has 6 nitrogen and oxygen atoms in total. The second-order valence-corrected chi connectivity index (χ2v) is 3.68. The lowest BCUT2D eigenvalue weighted by molar-refractivity contribution is 0.0705. The molecule has 0 atom stereocenters. The highest BCUT2D eigenvalue weighted by atomic mass is 16.5. The van der Waals surface area contributed by atoms with Gasteiger partial charge in [-0.05, 0) is 19.4 Å². The molecule has 0 saturated carbocycles. The average Bonchev–Trinajstić information content (AvgIpc) is 2.39. The quantitative estimate of drug-likeness (QED) is 0.615. The third kappa shape index (κ3) is 6.36. The number of methoxy groups -OCH3 is 1. The Hall–Kier alpha value is -1.40. The van der Waals surface area contributed by atoms with Crippen LogP contribution in [0.1, 0.15) is 13.3 Å². The zero-order valence-electron chi connectivity index (χ0n) is 11.1. The Bertz CT molecular complexity index is 323. The number of anilines is 2. The summed E-state index contributed by atoms with van der Waals surface area (Å²) in [6.07, 6.45) is 2.67. The summed E-state index contributed by atoms with van der Waals surface area (Å²) in [5.74, 6) is 1.48. The summed E-state index contributed by atoms with van der Waals surface area (Å²) in [5.41, 5.74) is 0. The molecule has 1 aromatic rings. The van der Waals surface area contributed by atoms with Crippen LogP contribution in [0.15, 0.2) is 12.3 Å². The Morgan fingerprint density at radius 2 is 2.11 bits per heavy atom. The molecule has 18 heavy (non-hydrogen) atoms. The van der Waals surface area contributed by atoms with Crippen molar-refractivity contribution in [2.75, 3.05) is 50.7 Å². The molecule has 0 aliphatic heterocycles. The molecule has 0 aliphatic rings. The topological polar surface area (TPSA) is 68.3 Å². The van der Waals surface area contributed by atoms with Crippen molar-refractivity contribution in [3.63, 3.8) is 0 Å². The monoisotopic (exact) mass is 254 g/mol. The van der Waals surface area contributed by atoms with Gasteiger partial charge in [0.25, 0.3) is 0 Å². The first kappa shape index (κ1) is 14.7. The second-order valence-electron chi connectivity index (χ2n) is 3.68. The Balaban J connectivity index is 2.13. The molecule has 0 aromatic carbocycles. The summed E-state index contributed by atoms with van der Waals surface area (Å²) < 4.78 is 10.3. The van der Waals surface area contributed by atoms with Crippen molar-refractivity contribution in [1.82, 2.24) is 9.97 Å². The molecule has 0 bridgehead atoms. The van der Waals surface area contributed by atoms with Crippen molar-refractivity contribution in [3.05, 3.63) is 12.3 Å². The second kappa shape index (κ2) is 9.61. The van der Waals surface area contributed by atoms with Crippen LogP contribution in [0.4, 0.5) is 11.8 Å². The predicted octanol–water partition coefficient (Wildman–Crippen LogP) is 1.37. The van der Waals surface area contributed by atoms with E-state index >= 15 is 0 Å². The van der Waals surface area contributed by atoms with E-state index in [0.29, 0.717) is 19.2 Å². The van der Waals surface area contributed by atoms with Crippen molar-refractivity contribution in [3.8, 4) is 0 Å². The molecule has 0 spiro atoms. The molecule has 1 aromatic heterocycles. The van der Waals surface area contributed by atoms with Gasteiger partial charge in [0.2, 0.25) is 5.95 Å². The van der Waals surface area contributed by atoms with Crippen LogP contribution in [-0.2, 0) is 9.47 Å². The third-order valence-electron chi connectivity index (χ3n) is 2.19. The molecular formula is C12H22N4O2. The first-order valence-electron chi connectivity index (χ1n) is 6.24. The third-order valence-corrected chi connectivity index (χ3v) is 2.19. The van der Waals surface area contributed by atoms with E-state index in [4.69, 9.17) is 9.47 Å². The fraction of sp³-hybridized carbons (Fsp3) is 0.667. The smallest absolute Gasteiger partial charge is 0.224 e. The molecule has 1 heterocycles. The van der Waals surface area contributed by atoms with E-state index in [1.165, 1.54) is 0 Å².